The summed E-state index contributed by atoms with van der Waals surface area (Å²) in [4.78, 5) is 13.5. The maximum absolute atomic E-state index is 11.4. The minimum atomic E-state index is -0.0944. The van der Waals surface area contributed by atoms with Gasteiger partial charge in [0.2, 0.25) is 0 Å². The summed E-state index contributed by atoms with van der Waals surface area (Å²) < 4.78 is 4.77. The molecule has 2 unspecified atom stereocenters. The first-order chi connectivity index (χ1) is 6.08. The first kappa shape index (κ1) is 12.4. The number of hydrogen-bond donors (Lipinski definition) is 0. The lowest BCUT2D eigenvalue weighted by Crippen LogP contribution is -2.39. The quantitative estimate of drug-likeness (QED) is 0.611. The highest BCUT2D eigenvalue weighted by Crippen LogP contribution is 2.17. The molecule has 0 spiro atoms. The molecule has 0 saturated heterocycles. The topological polar surface area (TPSA) is 29.5 Å². The van der Waals surface area contributed by atoms with Gasteiger partial charge in [-0.2, -0.15) is 0 Å². The van der Waals surface area contributed by atoms with Gasteiger partial charge >= 0.3 is 5.97 Å². The highest BCUT2D eigenvalue weighted by Gasteiger charge is 2.27. The van der Waals surface area contributed by atoms with Crippen LogP contribution in [0.2, 0.25) is 0 Å². The van der Waals surface area contributed by atoms with Gasteiger partial charge in [-0.3, -0.25) is 4.79 Å². The van der Waals surface area contributed by atoms with Gasteiger partial charge in [0.05, 0.1) is 13.0 Å². The summed E-state index contributed by atoms with van der Waals surface area (Å²) in [7, 11) is 5.45. The molecule has 3 nitrogen and oxygen atoms in total. The predicted molar refractivity (Wildman–Crippen MR) is 53.6 cm³/mol. The second-order valence-electron chi connectivity index (χ2n) is 3.48. The number of hydrogen-bond acceptors (Lipinski definition) is 3. The van der Waals surface area contributed by atoms with Gasteiger partial charge in [-0.25, -0.2) is 0 Å². The predicted octanol–water partition coefficient (Wildman–Crippen LogP) is 1.53. The molecular weight excluding hydrogens is 166 g/mol. The first-order valence-electron chi connectivity index (χ1n) is 4.82. The van der Waals surface area contributed by atoms with E-state index in [4.69, 9.17) is 4.74 Å². The van der Waals surface area contributed by atoms with Crippen LogP contribution in [0.3, 0.4) is 0 Å². The Morgan fingerprint density at radius 3 is 2.08 bits per heavy atom. The molecule has 0 radical (unpaired) electrons. The van der Waals surface area contributed by atoms with Crippen LogP contribution < -0.4 is 0 Å². The Balaban J connectivity index is 4.42. The van der Waals surface area contributed by atoms with Crippen LogP contribution in [0.15, 0.2) is 0 Å². The van der Waals surface area contributed by atoms with Crippen molar-refractivity contribution in [3.05, 3.63) is 0 Å². The minimum Gasteiger partial charge on any atom is -0.469 e. The zero-order valence-electron chi connectivity index (χ0n) is 9.33. The van der Waals surface area contributed by atoms with Gasteiger partial charge in [0.1, 0.15) is 0 Å². The van der Waals surface area contributed by atoms with Gasteiger partial charge in [-0.15, -0.1) is 0 Å². The summed E-state index contributed by atoms with van der Waals surface area (Å²) in [5.74, 6) is -0.0898. The Bertz CT molecular complexity index is 157. The van der Waals surface area contributed by atoms with Crippen LogP contribution in [0.5, 0.6) is 0 Å². The minimum absolute atomic E-state index is 0.00463. The number of rotatable bonds is 5. The third kappa shape index (κ3) is 3.35. The van der Waals surface area contributed by atoms with E-state index in [2.05, 4.69) is 11.8 Å². The summed E-state index contributed by atoms with van der Waals surface area (Å²) in [5, 5.41) is 0. The number of ether oxygens (including phenoxy) is 1. The largest absolute Gasteiger partial charge is 0.469 e. The zero-order chi connectivity index (χ0) is 10.4. The van der Waals surface area contributed by atoms with Crippen molar-refractivity contribution in [3.8, 4) is 0 Å². The van der Waals surface area contributed by atoms with Crippen molar-refractivity contribution < 1.29 is 9.53 Å². The van der Waals surface area contributed by atoms with Crippen LogP contribution in [0.4, 0.5) is 0 Å². The zero-order valence-corrected chi connectivity index (χ0v) is 9.33. The monoisotopic (exact) mass is 187 g/mol. The average molecular weight is 187 g/mol. The van der Waals surface area contributed by atoms with Crippen molar-refractivity contribution in [3.63, 3.8) is 0 Å². The van der Waals surface area contributed by atoms with E-state index in [1.165, 1.54) is 7.11 Å². The third-order valence-electron chi connectivity index (χ3n) is 2.49. The molecule has 0 bridgehead atoms. The van der Waals surface area contributed by atoms with Crippen LogP contribution in [0, 0.1) is 5.92 Å². The molecule has 0 N–H and O–H groups in total. The van der Waals surface area contributed by atoms with E-state index in [1.54, 1.807) is 0 Å². The summed E-state index contributed by atoms with van der Waals surface area (Å²) >= 11 is 0. The Morgan fingerprint density at radius 2 is 1.85 bits per heavy atom. The second-order valence-corrected chi connectivity index (χ2v) is 3.48. The molecule has 13 heavy (non-hydrogen) atoms. The van der Waals surface area contributed by atoms with Gasteiger partial charge in [0.25, 0.3) is 0 Å². The number of nitrogens with zero attached hydrogens (tertiary/aromatic N) is 1. The van der Waals surface area contributed by atoms with Crippen molar-refractivity contribution in [2.75, 3.05) is 21.2 Å². The van der Waals surface area contributed by atoms with E-state index >= 15 is 0 Å². The summed E-state index contributed by atoms with van der Waals surface area (Å²) in [6.07, 6.45) is 1.81. The van der Waals surface area contributed by atoms with Crippen LogP contribution in [0.25, 0.3) is 0 Å². The standard InChI is InChI=1S/C10H21NO2/c1-6-8(10(12)13-5)9(7-2)11(3)4/h8-9H,6-7H2,1-5H3. The molecule has 0 aliphatic rings. The second kappa shape index (κ2) is 5.97. The molecule has 3 heteroatoms. The van der Waals surface area contributed by atoms with Gasteiger partial charge in [0.15, 0.2) is 0 Å². The molecular formula is C10H21NO2. The molecule has 0 aromatic rings. The average Bonchev–Trinajstić information content (AvgIpc) is 2.12. The highest BCUT2D eigenvalue weighted by molar-refractivity contribution is 5.73. The molecule has 78 valence electrons. The van der Waals surface area contributed by atoms with Crippen LogP contribution in [-0.2, 0) is 9.53 Å². The number of methoxy groups -OCH3 is 1. The molecule has 0 aliphatic heterocycles. The number of carbonyl (C=O) groups is 1. The fraction of sp³-hybridized carbons (Fsp3) is 0.900. The molecule has 0 amide bonds. The normalized spacial score (nSPS) is 15.5. The van der Waals surface area contributed by atoms with Crippen molar-refractivity contribution in [2.45, 2.75) is 32.7 Å². The van der Waals surface area contributed by atoms with E-state index in [0.717, 1.165) is 12.8 Å². The molecule has 2 atom stereocenters. The third-order valence-corrected chi connectivity index (χ3v) is 2.49. The molecule has 0 aliphatic carbocycles. The SMILES string of the molecule is CCC(C(=O)OC)C(CC)N(C)C. The van der Waals surface area contributed by atoms with E-state index in [-0.39, 0.29) is 17.9 Å². The Hall–Kier alpha value is -0.570. The summed E-state index contributed by atoms with van der Waals surface area (Å²) in [5.41, 5.74) is 0. The van der Waals surface area contributed by atoms with Crippen molar-refractivity contribution in [1.82, 2.24) is 4.90 Å². The molecule has 0 aromatic carbocycles. The maximum atomic E-state index is 11.4. The lowest BCUT2D eigenvalue weighted by molar-refractivity contribution is -0.147. The van der Waals surface area contributed by atoms with Gasteiger partial charge in [0, 0.05) is 6.04 Å². The first-order valence-corrected chi connectivity index (χ1v) is 4.82. The Kier molecular flexibility index (Phi) is 5.71. The fourth-order valence-electron chi connectivity index (χ4n) is 1.76. The Labute approximate surface area is 81.1 Å². The molecule has 0 aromatic heterocycles. The number of carbonyl (C=O) groups excluding carboxylic acids is 1. The number of esters is 1. The summed E-state index contributed by atoms with van der Waals surface area (Å²) in [6.45, 7) is 4.12. The van der Waals surface area contributed by atoms with Crippen molar-refractivity contribution in [1.29, 1.82) is 0 Å². The van der Waals surface area contributed by atoms with Gasteiger partial charge in [-0.05, 0) is 26.9 Å². The molecule has 0 heterocycles. The van der Waals surface area contributed by atoms with Crippen molar-refractivity contribution in [2.24, 2.45) is 5.92 Å². The van der Waals surface area contributed by atoms with Crippen molar-refractivity contribution >= 4 is 5.97 Å². The van der Waals surface area contributed by atoms with Crippen LogP contribution in [-0.4, -0.2) is 38.1 Å². The summed E-state index contributed by atoms with van der Waals surface area (Å²) in [6, 6.07) is 0.289. The van der Waals surface area contributed by atoms with Crippen LogP contribution >= 0.6 is 0 Å². The molecule has 0 rings (SSSR count). The van der Waals surface area contributed by atoms with Gasteiger partial charge < -0.3 is 9.64 Å². The molecule has 0 fully saturated rings. The van der Waals surface area contributed by atoms with Crippen LogP contribution in [0.1, 0.15) is 26.7 Å². The fourth-order valence-corrected chi connectivity index (χ4v) is 1.76. The molecule has 0 saturated carbocycles. The van der Waals surface area contributed by atoms with E-state index in [1.807, 2.05) is 21.0 Å². The van der Waals surface area contributed by atoms with Gasteiger partial charge in [-0.1, -0.05) is 13.8 Å². The Morgan fingerprint density at radius 1 is 1.31 bits per heavy atom. The maximum Gasteiger partial charge on any atom is 0.310 e. The van der Waals surface area contributed by atoms with E-state index < -0.39 is 0 Å². The lowest BCUT2D eigenvalue weighted by Gasteiger charge is -2.28. The van der Waals surface area contributed by atoms with E-state index in [9.17, 15) is 4.79 Å². The highest BCUT2D eigenvalue weighted by atomic mass is 16.5. The lowest BCUT2D eigenvalue weighted by atomic mass is 9.94. The smallest absolute Gasteiger partial charge is 0.310 e. The van der Waals surface area contributed by atoms with E-state index in [0.29, 0.717) is 0 Å².